The number of anilines is 2. The van der Waals surface area contributed by atoms with Gasteiger partial charge in [0.05, 0.1) is 4.90 Å². The van der Waals surface area contributed by atoms with Gasteiger partial charge in [0.25, 0.3) is 10.0 Å². The van der Waals surface area contributed by atoms with E-state index in [1.54, 1.807) is 18.2 Å². The average Bonchev–Trinajstić information content (AvgIpc) is 3.25. The van der Waals surface area contributed by atoms with Gasteiger partial charge in [0, 0.05) is 24.5 Å². The summed E-state index contributed by atoms with van der Waals surface area (Å²) in [6.07, 6.45) is 8.49. The molecule has 4 rings (SSSR count). The van der Waals surface area contributed by atoms with Crippen molar-refractivity contribution >= 4 is 27.6 Å². The van der Waals surface area contributed by atoms with Crippen molar-refractivity contribution in [2.75, 3.05) is 10.0 Å². The lowest BCUT2D eigenvalue weighted by molar-refractivity contribution is -0.117. The summed E-state index contributed by atoms with van der Waals surface area (Å²) >= 11 is 0. The highest BCUT2D eigenvalue weighted by Gasteiger charge is 2.40. The number of fused-ring (bicyclic) bond motifs is 2. The van der Waals surface area contributed by atoms with Gasteiger partial charge in [0.15, 0.2) is 0 Å². The van der Waals surface area contributed by atoms with Crippen molar-refractivity contribution in [1.29, 1.82) is 0 Å². The van der Waals surface area contributed by atoms with Gasteiger partial charge < -0.3 is 5.32 Å². The van der Waals surface area contributed by atoms with Gasteiger partial charge >= 0.3 is 0 Å². The van der Waals surface area contributed by atoms with E-state index in [9.17, 15) is 13.2 Å². The molecule has 2 aliphatic carbocycles. The van der Waals surface area contributed by atoms with Gasteiger partial charge in [0.1, 0.15) is 0 Å². The maximum atomic E-state index is 12.4. The van der Waals surface area contributed by atoms with E-state index in [2.05, 4.69) is 20.0 Å². The van der Waals surface area contributed by atoms with E-state index in [-0.39, 0.29) is 16.8 Å². The van der Waals surface area contributed by atoms with E-state index in [1.807, 2.05) is 0 Å². The second-order valence-corrected chi connectivity index (χ2v) is 9.07. The summed E-state index contributed by atoms with van der Waals surface area (Å²) in [6.45, 7) is 0. The van der Waals surface area contributed by atoms with Gasteiger partial charge in [-0.05, 0) is 67.3 Å². The Bertz CT molecular complexity index is 916. The van der Waals surface area contributed by atoms with E-state index in [0.717, 1.165) is 5.92 Å². The minimum atomic E-state index is -3.77. The molecular formula is C19H22N4O3S. The van der Waals surface area contributed by atoms with Crippen LogP contribution in [0.4, 0.5) is 11.6 Å². The molecule has 1 aromatic carbocycles. The van der Waals surface area contributed by atoms with Crippen LogP contribution in [0.1, 0.15) is 32.1 Å². The predicted molar refractivity (Wildman–Crippen MR) is 101 cm³/mol. The first kappa shape index (κ1) is 17.9. The SMILES string of the molecule is O=C(C[C@@H]1C[C@@H]2CC[C@@H]1C2)Nc1ccc(S(=O)(=O)Nc2ncccn2)cc1. The van der Waals surface area contributed by atoms with Crippen LogP contribution in [0.25, 0.3) is 0 Å². The van der Waals surface area contributed by atoms with Crippen LogP contribution in [0, 0.1) is 17.8 Å². The number of sulfonamides is 1. The summed E-state index contributed by atoms with van der Waals surface area (Å²) in [6, 6.07) is 7.71. The highest BCUT2D eigenvalue weighted by Crippen LogP contribution is 2.49. The Hall–Kier alpha value is -2.48. The molecule has 0 radical (unpaired) electrons. The minimum absolute atomic E-state index is 0.000956. The largest absolute Gasteiger partial charge is 0.326 e. The number of nitrogens with one attached hydrogen (secondary N) is 2. The van der Waals surface area contributed by atoms with Gasteiger partial charge in [0.2, 0.25) is 11.9 Å². The summed E-state index contributed by atoms with van der Waals surface area (Å²) in [4.78, 5) is 20.1. The van der Waals surface area contributed by atoms with Crippen molar-refractivity contribution in [3.63, 3.8) is 0 Å². The van der Waals surface area contributed by atoms with Crippen molar-refractivity contribution in [2.45, 2.75) is 37.0 Å². The van der Waals surface area contributed by atoms with E-state index in [0.29, 0.717) is 23.9 Å². The number of hydrogen-bond acceptors (Lipinski definition) is 5. The van der Waals surface area contributed by atoms with Crippen LogP contribution in [0.3, 0.4) is 0 Å². The van der Waals surface area contributed by atoms with E-state index in [1.165, 1.54) is 50.2 Å². The summed E-state index contributed by atoms with van der Waals surface area (Å²) in [7, 11) is -3.77. The first-order valence-electron chi connectivity index (χ1n) is 9.19. The zero-order valence-electron chi connectivity index (χ0n) is 14.8. The lowest BCUT2D eigenvalue weighted by Gasteiger charge is -2.20. The Balaban J connectivity index is 1.36. The topological polar surface area (TPSA) is 101 Å². The minimum Gasteiger partial charge on any atom is -0.326 e. The first-order valence-corrected chi connectivity index (χ1v) is 10.7. The van der Waals surface area contributed by atoms with Crippen molar-refractivity contribution in [3.8, 4) is 0 Å². The molecule has 3 atom stereocenters. The van der Waals surface area contributed by atoms with E-state index >= 15 is 0 Å². The number of rotatable bonds is 6. The fourth-order valence-corrected chi connectivity index (χ4v) is 5.28. The molecule has 2 fully saturated rings. The zero-order valence-corrected chi connectivity index (χ0v) is 15.7. The first-order chi connectivity index (χ1) is 13.0. The summed E-state index contributed by atoms with van der Waals surface area (Å²) in [5.74, 6) is 2.04. The molecule has 1 aromatic heterocycles. The van der Waals surface area contributed by atoms with Gasteiger partial charge in [-0.1, -0.05) is 6.42 Å². The summed E-state index contributed by atoms with van der Waals surface area (Å²) in [5, 5.41) is 2.88. The Morgan fingerprint density at radius 1 is 1.07 bits per heavy atom. The summed E-state index contributed by atoms with van der Waals surface area (Å²) in [5.41, 5.74) is 0.595. The molecule has 27 heavy (non-hydrogen) atoms. The number of benzene rings is 1. The normalized spacial score (nSPS) is 23.9. The average molecular weight is 386 g/mol. The Labute approximate surface area is 158 Å². The quantitative estimate of drug-likeness (QED) is 0.795. The van der Waals surface area contributed by atoms with Gasteiger partial charge in [-0.15, -0.1) is 0 Å². The Morgan fingerprint density at radius 2 is 1.81 bits per heavy atom. The van der Waals surface area contributed by atoms with Crippen LogP contribution in [0.2, 0.25) is 0 Å². The molecule has 0 saturated heterocycles. The number of nitrogens with zero attached hydrogens (tertiary/aromatic N) is 2. The van der Waals surface area contributed by atoms with Crippen molar-refractivity contribution in [1.82, 2.24) is 9.97 Å². The molecule has 2 aliphatic rings. The second-order valence-electron chi connectivity index (χ2n) is 7.39. The maximum Gasteiger partial charge on any atom is 0.264 e. The van der Waals surface area contributed by atoms with Crippen LogP contribution in [-0.2, 0) is 14.8 Å². The molecule has 0 spiro atoms. The fourth-order valence-electron chi connectivity index (χ4n) is 4.32. The van der Waals surface area contributed by atoms with Crippen molar-refractivity contribution < 1.29 is 13.2 Å². The van der Waals surface area contributed by atoms with Crippen LogP contribution in [0.5, 0.6) is 0 Å². The number of amides is 1. The molecule has 2 saturated carbocycles. The molecule has 2 aromatic rings. The molecule has 1 heterocycles. The fraction of sp³-hybridized carbons (Fsp3) is 0.421. The monoisotopic (exact) mass is 386 g/mol. The van der Waals surface area contributed by atoms with Crippen LogP contribution >= 0.6 is 0 Å². The third kappa shape index (κ3) is 4.10. The standard InChI is InChI=1S/C19H22N4O3S/c24-18(12-15-11-13-2-3-14(15)10-13)22-16-4-6-17(7-5-16)27(25,26)23-19-20-8-1-9-21-19/h1,4-9,13-15H,2-3,10-12H2,(H,22,24)(H,20,21,23)/t13-,14-,15+/m1/s1. The number of carbonyl (C=O) groups is 1. The van der Waals surface area contributed by atoms with Gasteiger partial charge in [-0.3, -0.25) is 4.79 Å². The third-order valence-electron chi connectivity index (χ3n) is 5.57. The molecule has 7 nitrogen and oxygen atoms in total. The Morgan fingerprint density at radius 3 is 2.44 bits per heavy atom. The molecule has 2 bridgehead atoms. The van der Waals surface area contributed by atoms with Crippen molar-refractivity contribution in [3.05, 3.63) is 42.7 Å². The highest BCUT2D eigenvalue weighted by molar-refractivity contribution is 7.92. The lowest BCUT2D eigenvalue weighted by atomic mass is 9.86. The number of carbonyl (C=O) groups excluding carboxylic acids is 1. The molecule has 0 unspecified atom stereocenters. The van der Waals surface area contributed by atoms with Crippen LogP contribution < -0.4 is 10.0 Å². The maximum absolute atomic E-state index is 12.4. The van der Waals surface area contributed by atoms with E-state index in [4.69, 9.17) is 0 Å². The Kier molecular flexibility index (Phi) is 4.82. The third-order valence-corrected chi connectivity index (χ3v) is 6.92. The molecule has 0 aliphatic heterocycles. The number of aromatic nitrogens is 2. The van der Waals surface area contributed by atoms with Gasteiger partial charge in [-0.2, -0.15) is 0 Å². The lowest BCUT2D eigenvalue weighted by Crippen LogP contribution is -2.20. The van der Waals surface area contributed by atoms with Crippen LogP contribution in [0.15, 0.2) is 47.6 Å². The van der Waals surface area contributed by atoms with Crippen LogP contribution in [-0.4, -0.2) is 24.3 Å². The van der Waals surface area contributed by atoms with E-state index < -0.39 is 10.0 Å². The zero-order chi connectivity index (χ0) is 18.9. The molecule has 142 valence electrons. The second kappa shape index (κ2) is 7.26. The van der Waals surface area contributed by atoms with Crippen molar-refractivity contribution in [2.24, 2.45) is 17.8 Å². The molecule has 2 N–H and O–H groups in total. The molecule has 1 amide bonds. The predicted octanol–water partition coefficient (Wildman–Crippen LogP) is 3.04. The molecule has 8 heteroatoms. The molecular weight excluding hydrogens is 364 g/mol. The smallest absolute Gasteiger partial charge is 0.264 e. The highest BCUT2D eigenvalue weighted by atomic mass is 32.2. The summed E-state index contributed by atoms with van der Waals surface area (Å²) < 4.78 is 27.0. The number of hydrogen-bond donors (Lipinski definition) is 2. The van der Waals surface area contributed by atoms with Gasteiger partial charge in [-0.25, -0.2) is 23.1 Å².